The zero-order chi connectivity index (χ0) is 20.7. The summed E-state index contributed by atoms with van der Waals surface area (Å²) in [6.07, 6.45) is 2.57. The van der Waals surface area contributed by atoms with Crippen LogP contribution in [-0.2, 0) is 17.7 Å². The van der Waals surface area contributed by atoms with Crippen molar-refractivity contribution < 1.29 is 9.53 Å². The molecule has 2 aliphatic rings. The lowest BCUT2D eigenvalue weighted by Crippen LogP contribution is -2.46. The van der Waals surface area contributed by atoms with Crippen molar-refractivity contribution in [2.45, 2.75) is 31.9 Å². The van der Waals surface area contributed by atoms with Gasteiger partial charge in [0.1, 0.15) is 0 Å². The average molecular weight is 428 g/mol. The summed E-state index contributed by atoms with van der Waals surface area (Å²) in [5, 5.41) is 6.64. The van der Waals surface area contributed by atoms with Crippen LogP contribution in [0.4, 0.5) is 4.79 Å². The van der Waals surface area contributed by atoms with Gasteiger partial charge in [-0.05, 0) is 25.3 Å². The number of rotatable bonds is 3. The second kappa shape index (κ2) is 7.77. The Morgan fingerprint density at radius 1 is 1.37 bits per heavy atom. The molecular formula is C21H22ClN5O3. The molecule has 5 rings (SSSR count). The van der Waals surface area contributed by atoms with Crippen LogP contribution < -0.4 is 10.9 Å². The predicted molar refractivity (Wildman–Crippen MR) is 113 cm³/mol. The van der Waals surface area contributed by atoms with Crippen molar-refractivity contribution in [3.8, 4) is 11.3 Å². The van der Waals surface area contributed by atoms with Crippen molar-refractivity contribution in [2.24, 2.45) is 0 Å². The quantitative estimate of drug-likeness (QED) is 0.672. The Balaban J connectivity index is 1.39. The molecule has 3 aromatic rings. The van der Waals surface area contributed by atoms with E-state index < -0.39 is 0 Å². The van der Waals surface area contributed by atoms with Crippen molar-refractivity contribution >= 4 is 23.3 Å². The van der Waals surface area contributed by atoms with Gasteiger partial charge in [-0.25, -0.2) is 14.3 Å². The molecule has 0 unspecified atom stereocenters. The van der Waals surface area contributed by atoms with E-state index in [9.17, 15) is 9.59 Å². The number of nitrogens with zero attached hydrogens (tertiary/aromatic N) is 3. The molecule has 0 saturated carbocycles. The molecule has 30 heavy (non-hydrogen) atoms. The Hall–Kier alpha value is -2.84. The van der Waals surface area contributed by atoms with E-state index in [1.165, 1.54) is 4.52 Å². The van der Waals surface area contributed by atoms with E-state index in [1.807, 2.05) is 18.2 Å². The van der Waals surface area contributed by atoms with Crippen LogP contribution in [0.1, 0.15) is 24.1 Å². The van der Waals surface area contributed by atoms with E-state index in [0.717, 1.165) is 30.7 Å². The van der Waals surface area contributed by atoms with Crippen molar-refractivity contribution in [1.29, 1.82) is 0 Å². The van der Waals surface area contributed by atoms with Crippen LogP contribution >= 0.6 is 11.6 Å². The molecule has 0 aliphatic carbocycles. The first kappa shape index (κ1) is 19.1. The Bertz CT molecular complexity index is 1170. The topological polar surface area (TPSA) is 91.7 Å². The lowest BCUT2D eigenvalue weighted by molar-refractivity contribution is 0.108. The summed E-state index contributed by atoms with van der Waals surface area (Å²) < 4.78 is 7.00. The van der Waals surface area contributed by atoms with Crippen LogP contribution in [0.2, 0.25) is 5.02 Å². The normalized spacial score (nSPS) is 18.6. The van der Waals surface area contributed by atoms with Crippen LogP contribution in [0.5, 0.6) is 0 Å². The molecule has 1 aromatic carbocycles. The third-order valence-corrected chi connectivity index (χ3v) is 6.05. The van der Waals surface area contributed by atoms with Crippen molar-refractivity contribution in [2.75, 3.05) is 19.7 Å². The summed E-state index contributed by atoms with van der Waals surface area (Å²) in [5.74, 6) is 0. The number of H-pyrrole nitrogens is 1. The number of halogens is 1. The van der Waals surface area contributed by atoms with Gasteiger partial charge in [0.25, 0.3) is 5.56 Å². The number of amides is 2. The van der Waals surface area contributed by atoms with E-state index >= 15 is 0 Å². The van der Waals surface area contributed by atoms with Gasteiger partial charge in [-0.1, -0.05) is 29.8 Å². The first-order chi connectivity index (χ1) is 14.6. The largest absolute Gasteiger partial charge is 0.376 e. The van der Waals surface area contributed by atoms with Crippen LogP contribution in [0, 0.1) is 0 Å². The first-order valence-corrected chi connectivity index (χ1v) is 10.5. The lowest BCUT2D eigenvalue weighted by atomic mass is 10.1. The van der Waals surface area contributed by atoms with E-state index in [4.69, 9.17) is 16.3 Å². The summed E-state index contributed by atoms with van der Waals surface area (Å²) >= 11 is 6.30. The number of fused-ring (bicyclic) bond motifs is 2. The fourth-order valence-electron chi connectivity index (χ4n) is 4.10. The molecule has 0 spiro atoms. The number of carbonyl (C=O) groups excluding carboxylic acids is 1. The maximum atomic E-state index is 13.0. The Morgan fingerprint density at radius 2 is 2.23 bits per heavy atom. The highest BCUT2D eigenvalue weighted by Gasteiger charge is 2.26. The SMILES string of the molecule is O=C(NC[C@@H]1CCCO1)N1CCc2c(nc3cc(-c4ccccc4Cl)[nH]n3c2=O)C1. The molecular weight excluding hydrogens is 406 g/mol. The van der Waals surface area contributed by atoms with Gasteiger partial charge < -0.3 is 15.0 Å². The lowest BCUT2D eigenvalue weighted by Gasteiger charge is -2.28. The zero-order valence-electron chi connectivity index (χ0n) is 16.4. The Kier molecular flexibility index (Phi) is 4.96. The average Bonchev–Trinajstić information content (AvgIpc) is 3.42. The zero-order valence-corrected chi connectivity index (χ0v) is 17.1. The first-order valence-electron chi connectivity index (χ1n) is 10.1. The summed E-state index contributed by atoms with van der Waals surface area (Å²) in [7, 11) is 0. The van der Waals surface area contributed by atoms with Crippen LogP contribution in [0.3, 0.4) is 0 Å². The molecule has 2 N–H and O–H groups in total. The second-order valence-corrected chi connectivity index (χ2v) is 8.09. The summed E-state index contributed by atoms with van der Waals surface area (Å²) in [6.45, 7) is 2.06. The number of nitrogens with one attached hydrogen (secondary N) is 2. The number of ether oxygens (including phenoxy) is 1. The molecule has 8 nitrogen and oxygen atoms in total. The Morgan fingerprint density at radius 3 is 3.03 bits per heavy atom. The molecule has 2 amide bonds. The van der Waals surface area contributed by atoms with Gasteiger partial charge in [0, 0.05) is 41.9 Å². The maximum absolute atomic E-state index is 13.0. The van der Waals surface area contributed by atoms with Gasteiger partial charge in [-0.3, -0.25) is 9.89 Å². The minimum atomic E-state index is -0.149. The highest BCUT2D eigenvalue weighted by Crippen LogP contribution is 2.27. The van der Waals surface area contributed by atoms with Crippen molar-refractivity contribution in [1.82, 2.24) is 24.8 Å². The monoisotopic (exact) mass is 427 g/mol. The third-order valence-electron chi connectivity index (χ3n) is 5.72. The van der Waals surface area contributed by atoms with Crippen molar-refractivity contribution in [3.63, 3.8) is 0 Å². The standard InChI is InChI=1S/C21H22ClN5O3/c22-16-6-2-1-5-14(16)17-10-19-24-18-12-26(8-7-15(18)20(28)27(19)25-17)21(29)23-11-13-4-3-9-30-13/h1-2,5-6,10,13,25H,3-4,7-9,11-12H2,(H,23,29)/t13-/m0/s1. The fraction of sp³-hybridized carbons (Fsp3) is 0.381. The van der Waals surface area contributed by atoms with Gasteiger partial charge in [-0.2, -0.15) is 0 Å². The number of aromatic nitrogens is 3. The number of benzene rings is 1. The van der Waals surface area contributed by atoms with Gasteiger partial charge >= 0.3 is 6.03 Å². The van der Waals surface area contributed by atoms with Gasteiger partial charge in [0.05, 0.1) is 24.0 Å². The molecule has 0 radical (unpaired) electrons. The van der Waals surface area contributed by atoms with Crippen LogP contribution in [0.25, 0.3) is 16.9 Å². The number of aromatic amines is 1. The van der Waals surface area contributed by atoms with E-state index in [-0.39, 0.29) is 17.7 Å². The van der Waals surface area contributed by atoms with Crippen LogP contribution in [-0.4, -0.2) is 51.3 Å². The van der Waals surface area contributed by atoms with E-state index in [1.54, 1.807) is 17.0 Å². The number of carbonyl (C=O) groups is 1. The van der Waals surface area contributed by atoms with Gasteiger partial charge in [0.2, 0.25) is 0 Å². The maximum Gasteiger partial charge on any atom is 0.317 e. The molecule has 1 atom stereocenters. The van der Waals surface area contributed by atoms with Gasteiger partial charge in [-0.15, -0.1) is 0 Å². The minimum absolute atomic E-state index is 0.0940. The van der Waals surface area contributed by atoms with Crippen LogP contribution in [0.15, 0.2) is 35.1 Å². The summed E-state index contributed by atoms with van der Waals surface area (Å²) in [6, 6.07) is 9.09. The molecule has 156 valence electrons. The highest BCUT2D eigenvalue weighted by molar-refractivity contribution is 6.33. The fourth-order valence-corrected chi connectivity index (χ4v) is 4.34. The second-order valence-electron chi connectivity index (χ2n) is 7.68. The number of hydrogen-bond donors (Lipinski definition) is 2. The summed E-state index contributed by atoms with van der Waals surface area (Å²) in [5.41, 5.74) is 3.19. The highest BCUT2D eigenvalue weighted by atomic mass is 35.5. The number of urea groups is 1. The smallest absolute Gasteiger partial charge is 0.317 e. The molecule has 2 aliphatic heterocycles. The van der Waals surface area contributed by atoms with Crippen molar-refractivity contribution in [3.05, 3.63) is 57.0 Å². The molecule has 0 bridgehead atoms. The van der Waals surface area contributed by atoms with E-state index in [2.05, 4.69) is 15.4 Å². The van der Waals surface area contributed by atoms with E-state index in [0.29, 0.717) is 48.0 Å². The minimum Gasteiger partial charge on any atom is -0.376 e. The summed E-state index contributed by atoms with van der Waals surface area (Å²) in [4.78, 5) is 31.9. The molecule has 1 fully saturated rings. The Labute approximate surface area is 177 Å². The molecule has 9 heteroatoms. The predicted octanol–water partition coefficient (Wildman–Crippen LogP) is 2.59. The van der Waals surface area contributed by atoms with Gasteiger partial charge in [0.15, 0.2) is 5.65 Å². The number of hydrogen-bond acceptors (Lipinski definition) is 4. The molecule has 4 heterocycles. The molecule has 1 saturated heterocycles. The third kappa shape index (κ3) is 3.46. The molecule has 2 aromatic heterocycles.